The molecular formula is C10H22N2O. The van der Waals surface area contributed by atoms with E-state index >= 15 is 0 Å². The topological polar surface area (TPSA) is 69.1 Å². The van der Waals surface area contributed by atoms with Crippen LogP contribution in [0.15, 0.2) is 0 Å². The van der Waals surface area contributed by atoms with E-state index in [-0.39, 0.29) is 17.9 Å². The van der Waals surface area contributed by atoms with E-state index in [1.807, 2.05) is 20.8 Å². The van der Waals surface area contributed by atoms with E-state index in [0.717, 1.165) is 6.42 Å². The molecule has 0 amide bonds. The Balaban J connectivity index is 3.69. The molecule has 0 saturated carbocycles. The molecule has 78 valence electrons. The van der Waals surface area contributed by atoms with Gasteiger partial charge in [-0.25, -0.2) is 0 Å². The molecule has 0 aliphatic rings. The first-order valence-electron chi connectivity index (χ1n) is 4.97. The smallest absolute Gasteiger partial charge is 0.149 e. The molecule has 0 aromatic rings. The van der Waals surface area contributed by atoms with Crippen LogP contribution in [-0.2, 0) is 4.79 Å². The molecule has 0 aromatic heterocycles. The fourth-order valence-electron chi connectivity index (χ4n) is 1.16. The largest absolute Gasteiger partial charge is 0.328 e. The molecule has 0 aliphatic carbocycles. The van der Waals surface area contributed by atoms with Crippen LogP contribution in [0.2, 0.25) is 0 Å². The molecule has 4 N–H and O–H groups in total. The summed E-state index contributed by atoms with van der Waals surface area (Å²) in [6.07, 6.45) is 2.12. The molecule has 2 unspecified atom stereocenters. The molecular weight excluding hydrogens is 164 g/mol. The van der Waals surface area contributed by atoms with Crippen molar-refractivity contribution in [3.05, 3.63) is 0 Å². The van der Waals surface area contributed by atoms with Crippen molar-refractivity contribution in [3.8, 4) is 0 Å². The monoisotopic (exact) mass is 186 g/mol. The molecule has 2 atom stereocenters. The number of ketones is 1. The van der Waals surface area contributed by atoms with Gasteiger partial charge in [-0.15, -0.1) is 0 Å². The van der Waals surface area contributed by atoms with Crippen LogP contribution in [-0.4, -0.2) is 17.9 Å². The molecule has 0 rings (SSSR count). The first-order valence-corrected chi connectivity index (χ1v) is 4.97. The van der Waals surface area contributed by atoms with Gasteiger partial charge in [0.15, 0.2) is 0 Å². The van der Waals surface area contributed by atoms with Gasteiger partial charge in [-0.2, -0.15) is 0 Å². The second-order valence-electron chi connectivity index (χ2n) is 4.23. The summed E-state index contributed by atoms with van der Waals surface area (Å²) in [5.74, 6) is 0.560. The van der Waals surface area contributed by atoms with E-state index in [0.29, 0.717) is 18.8 Å². The molecule has 0 fully saturated rings. The van der Waals surface area contributed by atoms with Crippen LogP contribution in [0, 0.1) is 5.92 Å². The Hall–Kier alpha value is -0.410. The highest BCUT2D eigenvalue weighted by molar-refractivity contribution is 5.83. The van der Waals surface area contributed by atoms with Crippen molar-refractivity contribution in [1.82, 2.24) is 0 Å². The summed E-state index contributed by atoms with van der Waals surface area (Å²) in [7, 11) is 0. The Labute approximate surface area is 80.9 Å². The Bertz CT molecular complexity index is 155. The third-order valence-electron chi connectivity index (χ3n) is 1.96. The summed E-state index contributed by atoms with van der Waals surface area (Å²) in [5.41, 5.74) is 11.3. The van der Waals surface area contributed by atoms with Gasteiger partial charge in [0.1, 0.15) is 5.78 Å². The summed E-state index contributed by atoms with van der Waals surface area (Å²) < 4.78 is 0. The third-order valence-corrected chi connectivity index (χ3v) is 1.96. The summed E-state index contributed by atoms with van der Waals surface area (Å²) >= 11 is 0. The standard InChI is InChI=1S/C10H22N2O/c1-7(2)6-10(13)9(12)5-4-8(3)11/h7-9H,4-6,11-12H2,1-3H3. The predicted octanol–water partition coefficient (Wildman–Crippen LogP) is 1.06. The number of hydrogen-bond donors (Lipinski definition) is 2. The molecule has 0 saturated heterocycles. The van der Waals surface area contributed by atoms with Crippen molar-refractivity contribution in [2.75, 3.05) is 0 Å². The lowest BCUT2D eigenvalue weighted by molar-refractivity contribution is -0.121. The van der Waals surface area contributed by atoms with E-state index in [1.54, 1.807) is 0 Å². The molecule has 0 radical (unpaired) electrons. The molecule has 0 bridgehead atoms. The van der Waals surface area contributed by atoms with Crippen molar-refractivity contribution >= 4 is 5.78 Å². The zero-order chi connectivity index (χ0) is 10.4. The maximum absolute atomic E-state index is 11.4. The van der Waals surface area contributed by atoms with E-state index < -0.39 is 0 Å². The Morgan fingerprint density at radius 2 is 1.69 bits per heavy atom. The van der Waals surface area contributed by atoms with Gasteiger partial charge in [0.25, 0.3) is 0 Å². The molecule has 0 aromatic carbocycles. The van der Waals surface area contributed by atoms with E-state index in [9.17, 15) is 4.79 Å². The van der Waals surface area contributed by atoms with Gasteiger partial charge in [-0.3, -0.25) is 4.79 Å². The van der Waals surface area contributed by atoms with Gasteiger partial charge in [0, 0.05) is 12.5 Å². The summed E-state index contributed by atoms with van der Waals surface area (Å²) in [6, 6.07) is -0.175. The molecule has 0 heterocycles. The van der Waals surface area contributed by atoms with Gasteiger partial charge in [0.05, 0.1) is 6.04 Å². The minimum atomic E-state index is -0.312. The highest BCUT2D eigenvalue weighted by Crippen LogP contribution is 2.06. The van der Waals surface area contributed by atoms with Crippen LogP contribution < -0.4 is 11.5 Å². The van der Waals surface area contributed by atoms with Crippen LogP contribution >= 0.6 is 0 Å². The van der Waals surface area contributed by atoms with Gasteiger partial charge < -0.3 is 11.5 Å². The van der Waals surface area contributed by atoms with Gasteiger partial charge >= 0.3 is 0 Å². The maximum Gasteiger partial charge on any atom is 0.149 e. The first kappa shape index (κ1) is 12.6. The molecule has 3 nitrogen and oxygen atoms in total. The highest BCUT2D eigenvalue weighted by Gasteiger charge is 2.14. The Morgan fingerprint density at radius 1 is 1.15 bits per heavy atom. The van der Waals surface area contributed by atoms with Crippen molar-refractivity contribution in [2.45, 2.75) is 52.1 Å². The number of hydrogen-bond acceptors (Lipinski definition) is 3. The number of rotatable bonds is 6. The number of carbonyl (C=O) groups is 1. The van der Waals surface area contributed by atoms with E-state index in [2.05, 4.69) is 0 Å². The van der Waals surface area contributed by atoms with Crippen LogP contribution in [0.25, 0.3) is 0 Å². The average Bonchev–Trinajstić information content (AvgIpc) is 1.98. The predicted molar refractivity (Wildman–Crippen MR) is 55.3 cm³/mol. The number of Topliss-reactive ketones (excluding diaryl/α,β-unsaturated/α-hetero) is 1. The van der Waals surface area contributed by atoms with Crippen molar-refractivity contribution < 1.29 is 4.79 Å². The second kappa shape index (κ2) is 6.11. The molecule has 3 heteroatoms. The summed E-state index contributed by atoms with van der Waals surface area (Å²) in [6.45, 7) is 5.98. The Kier molecular flexibility index (Phi) is 5.91. The quantitative estimate of drug-likeness (QED) is 0.651. The van der Waals surface area contributed by atoms with Crippen molar-refractivity contribution in [3.63, 3.8) is 0 Å². The molecule has 0 spiro atoms. The van der Waals surface area contributed by atoms with Crippen molar-refractivity contribution in [2.24, 2.45) is 17.4 Å². The summed E-state index contributed by atoms with van der Waals surface area (Å²) in [5, 5.41) is 0. The first-order chi connectivity index (χ1) is 5.93. The number of nitrogens with two attached hydrogens (primary N) is 2. The highest BCUT2D eigenvalue weighted by atomic mass is 16.1. The third kappa shape index (κ3) is 6.72. The minimum absolute atomic E-state index is 0.137. The normalized spacial score (nSPS) is 15.8. The van der Waals surface area contributed by atoms with Crippen LogP contribution in [0.4, 0.5) is 0 Å². The second-order valence-corrected chi connectivity index (χ2v) is 4.23. The lowest BCUT2D eigenvalue weighted by atomic mass is 9.98. The maximum atomic E-state index is 11.4. The van der Waals surface area contributed by atoms with E-state index in [4.69, 9.17) is 11.5 Å². The van der Waals surface area contributed by atoms with E-state index in [1.165, 1.54) is 0 Å². The fourth-order valence-corrected chi connectivity index (χ4v) is 1.16. The van der Waals surface area contributed by atoms with Crippen LogP contribution in [0.1, 0.15) is 40.0 Å². The van der Waals surface area contributed by atoms with Gasteiger partial charge in [0.2, 0.25) is 0 Å². The van der Waals surface area contributed by atoms with Crippen molar-refractivity contribution in [1.29, 1.82) is 0 Å². The molecule has 0 aliphatic heterocycles. The fraction of sp³-hybridized carbons (Fsp3) is 0.900. The lowest BCUT2D eigenvalue weighted by Gasteiger charge is -2.13. The van der Waals surface area contributed by atoms with Crippen LogP contribution in [0.3, 0.4) is 0 Å². The summed E-state index contributed by atoms with van der Waals surface area (Å²) in [4.78, 5) is 11.4. The Morgan fingerprint density at radius 3 is 2.08 bits per heavy atom. The number of carbonyl (C=O) groups excluding carboxylic acids is 1. The minimum Gasteiger partial charge on any atom is -0.328 e. The van der Waals surface area contributed by atoms with Gasteiger partial charge in [-0.05, 0) is 25.7 Å². The zero-order valence-electron chi connectivity index (χ0n) is 8.92. The lowest BCUT2D eigenvalue weighted by Crippen LogP contribution is -2.33. The molecule has 13 heavy (non-hydrogen) atoms. The average molecular weight is 186 g/mol. The van der Waals surface area contributed by atoms with Gasteiger partial charge in [-0.1, -0.05) is 13.8 Å². The zero-order valence-corrected chi connectivity index (χ0v) is 8.92. The van der Waals surface area contributed by atoms with Crippen LogP contribution in [0.5, 0.6) is 0 Å². The SMILES string of the molecule is CC(C)CC(=O)C(N)CCC(C)N.